The van der Waals surface area contributed by atoms with Gasteiger partial charge in [-0.1, -0.05) is 6.92 Å². The zero-order valence-electron chi connectivity index (χ0n) is 12.8. The van der Waals surface area contributed by atoms with E-state index < -0.39 is 0 Å². The molecule has 5 heteroatoms. The van der Waals surface area contributed by atoms with E-state index in [9.17, 15) is 0 Å². The summed E-state index contributed by atoms with van der Waals surface area (Å²) in [5.74, 6) is 1.97. The van der Waals surface area contributed by atoms with E-state index in [1.54, 1.807) is 0 Å². The summed E-state index contributed by atoms with van der Waals surface area (Å²) in [6.07, 6.45) is 3.24. The minimum Gasteiger partial charge on any atom is -0.355 e. The van der Waals surface area contributed by atoms with Crippen LogP contribution in [-0.2, 0) is 6.42 Å². The number of nitrogens with zero attached hydrogens (tertiary/aromatic N) is 4. The Morgan fingerprint density at radius 1 is 1.20 bits per heavy atom. The van der Waals surface area contributed by atoms with Gasteiger partial charge in [-0.15, -0.1) is 0 Å². The number of hydrogen-bond acceptors (Lipinski definition) is 5. The number of rotatable bonds is 5. The van der Waals surface area contributed by atoms with Crippen LogP contribution in [0.25, 0.3) is 0 Å². The van der Waals surface area contributed by atoms with E-state index in [-0.39, 0.29) is 0 Å². The highest BCUT2D eigenvalue weighted by molar-refractivity contribution is 5.40. The van der Waals surface area contributed by atoms with Crippen molar-refractivity contribution in [3.8, 4) is 0 Å². The summed E-state index contributed by atoms with van der Waals surface area (Å²) in [5, 5.41) is 0. The molecule has 2 heterocycles. The highest BCUT2D eigenvalue weighted by Crippen LogP contribution is 2.16. The van der Waals surface area contributed by atoms with E-state index in [2.05, 4.69) is 32.8 Å². The highest BCUT2D eigenvalue weighted by Gasteiger charge is 2.16. The van der Waals surface area contributed by atoms with Crippen LogP contribution in [0.15, 0.2) is 6.07 Å². The SMILES string of the molecule is CCc1cc(N2CCCN(CCCN)CC2)nc(C)n1. The summed E-state index contributed by atoms with van der Waals surface area (Å²) in [7, 11) is 0. The lowest BCUT2D eigenvalue weighted by Crippen LogP contribution is -2.32. The fourth-order valence-electron chi connectivity index (χ4n) is 2.69. The summed E-state index contributed by atoms with van der Waals surface area (Å²) in [4.78, 5) is 14.0. The van der Waals surface area contributed by atoms with Gasteiger partial charge in [0, 0.05) is 31.4 Å². The molecule has 112 valence electrons. The molecule has 0 atom stereocenters. The molecule has 1 aromatic rings. The van der Waals surface area contributed by atoms with Crippen molar-refractivity contribution in [3.05, 3.63) is 17.6 Å². The van der Waals surface area contributed by atoms with Crippen LogP contribution in [0.3, 0.4) is 0 Å². The smallest absolute Gasteiger partial charge is 0.132 e. The highest BCUT2D eigenvalue weighted by atomic mass is 15.2. The maximum Gasteiger partial charge on any atom is 0.132 e. The molecule has 0 aromatic carbocycles. The van der Waals surface area contributed by atoms with Crippen LogP contribution in [0.5, 0.6) is 0 Å². The maximum atomic E-state index is 5.60. The van der Waals surface area contributed by atoms with Crippen molar-refractivity contribution in [2.24, 2.45) is 5.73 Å². The fourth-order valence-corrected chi connectivity index (χ4v) is 2.69. The fraction of sp³-hybridized carbons (Fsp3) is 0.733. The van der Waals surface area contributed by atoms with Crippen molar-refractivity contribution >= 4 is 5.82 Å². The number of aromatic nitrogens is 2. The Morgan fingerprint density at radius 3 is 2.80 bits per heavy atom. The first kappa shape index (κ1) is 15.2. The first-order chi connectivity index (χ1) is 9.72. The molecule has 0 spiro atoms. The van der Waals surface area contributed by atoms with Crippen LogP contribution in [0.4, 0.5) is 5.82 Å². The molecule has 1 aliphatic heterocycles. The third-order valence-corrected chi connectivity index (χ3v) is 3.83. The number of aryl methyl sites for hydroxylation is 2. The summed E-state index contributed by atoms with van der Waals surface area (Å²) >= 11 is 0. The average molecular weight is 277 g/mol. The molecular weight excluding hydrogens is 250 g/mol. The Hall–Kier alpha value is -1.20. The van der Waals surface area contributed by atoms with Gasteiger partial charge in [-0.3, -0.25) is 0 Å². The van der Waals surface area contributed by atoms with Crippen molar-refractivity contribution in [3.63, 3.8) is 0 Å². The van der Waals surface area contributed by atoms with Crippen molar-refractivity contribution in [2.45, 2.75) is 33.1 Å². The Labute approximate surface area is 122 Å². The van der Waals surface area contributed by atoms with E-state index in [1.165, 1.54) is 13.0 Å². The topological polar surface area (TPSA) is 58.3 Å². The molecule has 0 aliphatic carbocycles. The largest absolute Gasteiger partial charge is 0.355 e. The monoisotopic (exact) mass is 277 g/mol. The minimum atomic E-state index is 0.783. The molecule has 0 amide bonds. The molecule has 1 saturated heterocycles. The number of hydrogen-bond donors (Lipinski definition) is 1. The van der Waals surface area contributed by atoms with Gasteiger partial charge in [0.05, 0.1) is 0 Å². The summed E-state index contributed by atoms with van der Waals surface area (Å²) in [6.45, 7) is 10.4. The molecule has 0 bridgehead atoms. The third kappa shape index (κ3) is 4.15. The van der Waals surface area contributed by atoms with E-state index >= 15 is 0 Å². The molecule has 2 rings (SSSR count). The van der Waals surface area contributed by atoms with Crippen LogP contribution in [0, 0.1) is 6.92 Å². The van der Waals surface area contributed by atoms with Crippen molar-refractivity contribution in [2.75, 3.05) is 44.2 Å². The Balaban J connectivity index is 2.01. The van der Waals surface area contributed by atoms with Gasteiger partial charge in [-0.2, -0.15) is 0 Å². The molecule has 1 aliphatic rings. The lowest BCUT2D eigenvalue weighted by Gasteiger charge is -2.23. The lowest BCUT2D eigenvalue weighted by molar-refractivity contribution is 0.291. The molecule has 0 radical (unpaired) electrons. The first-order valence-corrected chi connectivity index (χ1v) is 7.75. The van der Waals surface area contributed by atoms with E-state index in [1.807, 2.05) is 6.92 Å². The average Bonchev–Trinajstić information content (AvgIpc) is 2.70. The predicted molar refractivity (Wildman–Crippen MR) is 83.1 cm³/mol. The standard InChI is InChI=1S/C15H27N5/c1-3-14-12-15(18-13(2)17-14)20-9-5-8-19(10-11-20)7-4-6-16/h12H,3-11,16H2,1-2H3. The molecule has 20 heavy (non-hydrogen) atoms. The molecule has 2 N–H and O–H groups in total. The van der Waals surface area contributed by atoms with Gasteiger partial charge < -0.3 is 15.5 Å². The summed E-state index contributed by atoms with van der Waals surface area (Å²) < 4.78 is 0. The van der Waals surface area contributed by atoms with E-state index in [4.69, 9.17) is 5.73 Å². The van der Waals surface area contributed by atoms with Gasteiger partial charge in [0.1, 0.15) is 11.6 Å². The second-order valence-corrected chi connectivity index (χ2v) is 5.44. The van der Waals surface area contributed by atoms with Crippen molar-refractivity contribution in [1.29, 1.82) is 0 Å². The van der Waals surface area contributed by atoms with Crippen molar-refractivity contribution in [1.82, 2.24) is 14.9 Å². The minimum absolute atomic E-state index is 0.783. The molecule has 0 saturated carbocycles. The van der Waals surface area contributed by atoms with Crippen LogP contribution < -0.4 is 10.6 Å². The van der Waals surface area contributed by atoms with E-state index in [0.717, 1.165) is 62.9 Å². The van der Waals surface area contributed by atoms with Crippen LogP contribution in [-0.4, -0.2) is 54.1 Å². The van der Waals surface area contributed by atoms with Crippen LogP contribution in [0.2, 0.25) is 0 Å². The number of nitrogens with two attached hydrogens (primary N) is 1. The van der Waals surface area contributed by atoms with Crippen LogP contribution in [0.1, 0.15) is 31.3 Å². The Bertz CT molecular complexity index is 421. The van der Waals surface area contributed by atoms with Gasteiger partial charge in [0.2, 0.25) is 0 Å². The first-order valence-electron chi connectivity index (χ1n) is 7.75. The molecule has 1 aromatic heterocycles. The van der Waals surface area contributed by atoms with E-state index in [0.29, 0.717) is 0 Å². The van der Waals surface area contributed by atoms with Crippen LogP contribution >= 0.6 is 0 Å². The second-order valence-electron chi connectivity index (χ2n) is 5.44. The summed E-state index contributed by atoms with van der Waals surface area (Å²) in [6, 6.07) is 2.14. The quantitative estimate of drug-likeness (QED) is 0.876. The summed E-state index contributed by atoms with van der Waals surface area (Å²) in [5.41, 5.74) is 6.73. The van der Waals surface area contributed by atoms with Gasteiger partial charge in [0.15, 0.2) is 0 Å². The van der Waals surface area contributed by atoms with Gasteiger partial charge >= 0.3 is 0 Å². The molecule has 5 nitrogen and oxygen atoms in total. The lowest BCUT2D eigenvalue weighted by atomic mass is 10.3. The number of anilines is 1. The second kappa shape index (κ2) is 7.55. The third-order valence-electron chi connectivity index (χ3n) is 3.83. The molecular formula is C15H27N5. The Kier molecular flexibility index (Phi) is 5.73. The maximum absolute atomic E-state index is 5.60. The van der Waals surface area contributed by atoms with Gasteiger partial charge in [-0.05, 0) is 45.8 Å². The predicted octanol–water partition coefficient (Wildman–Crippen LogP) is 1.21. The zero-order valence-corrected chi connectivity index (χ0v) is 12.8. The van der Waals surface area contributed by atoms with Crippen molar-refractivity contribution < 1.29 is 0 Å². The molecule has 1 fully saturated rings. The zero-order chi connectivity index (χ0) is 14.4. The Morgan fingerprint density at radius 2 is 2.05 bits per heavy atom. The normalized spacial score (nSPS) is 17.2. The molecule has 0 unspecified atom stereocenters. The van der Waals surface area contributed by atoms with Gasteiger partial charge in [0.25, 0.3) is 0 Å². The van der Waals surface area contributed by atoms with Gasteiger partial charge in [-0.25, -0.2) is 9.97 Å².